The fourth-order valence-corrected chi connectivity index (χ4v) is 2.46. The number of hydrogen-bond donors (Lipinski definition) is 1. The third-order valence-corrected chi connectivity index (χ3v) is 3.90. The van der Waals surface area contributed by atoms with Crippen molar-refractivity contribution < 1.29 is 9.53 Å². The molecule has 0 aliphatic rings. The molecule has 0 saturated heterocycles. The molecule has 0 radical (unpaired) electrons. The molecule has 0 aliphatic heterocycles. The average molecular weight is 362 g/mol. The maximum Gasteiger partial charge on any atom is 0.262 e. The van der Waals surface area contributed by atoms with Gasteiger partial charge in [0, 0.05) is 10.2 Å². The zero-order chi connectivity index (χ0) is 16.1. The second kappa shape index (κ2) is 7.45. The summed E-state index contributed by atoms with van der Waals surface area (Å²) >= 11 is 3.36. The number of carbonyl (C=O) groups excluding carboxylic acids is 1. The number of para-hydroxylation sites is 1. The third kappa shape index (κ3) is 4.34. The van der Waals surface area contributed by atoms with Gasteiger partial charge in [0.15, 0.2) is 6.61 Å². The number of hydrogen-bond acceptors (Lipinski definition) is 2. The Balaban J connectivity index is 2.02. The summed E-state index contributed by atoms with van der Waals surface area (Å²) in [5.74, 6) is 0.869. The summed E-state index contributed by atoms with van der Waals surface area (Å²) in [7, 11) is 0. The van der Waals surface area contributed by atoms with E-state index in [9.17, 15) is 4.79 Å². The quantitative estimate of drug-likeness (QED) is 0.822. The van der Waals surface area contributed by atoms with Crippen molar-refractivity contribution in [3.05, 3.63) is 58.1 Å². The molecule has 0 aromatic heterocycles. The Morgan fingerprint density at radius 3 is 2.50 bits per heavy atom. The van der Waals surface area contributed by atoms with Crippen LogP contribution in [0, 0.1) is 6.92 Å². The molecule has 3 nitrogen and oxygen atoms in total. The Labute approximate surface area is 139 Å². The molecule has 4 heteroatoms. The molecule has 0 atom stereocenters. The lowest BCUT2D eigenvalue weighted by atomic mass is 9.98. The van der Waals surface area contributed by atoms with Crippen LogP contribution in [0.5, 0.6) is 5.75 Å². The minimum atomic E-state index is -0.154. The van der Waals surface area contributed by atoms with Gasteiger partial charge in [0.2, 0.25) is 0 Å². The monoisotopic (exact) mass is 361 g/mol. The van der Waals surface area contributed by atoms with E-state index in [4.69, 9.17) is 4.74 Å². The van der Waals surface area contributed by atoms with E-state index >= 15 is 0 Å². The van der Waals surface area contributed by atoms with E-state index < -0.39 is 0 Å². The molecule has 0 saturated carbocycles. The normalized spacial score (nSPS) is 10.6. The molecule has 0 unspecified atom stereocenters. The zero-order valence-corrected chi connectivity index (χ0v) is 14.6. The molecule has 1 N–H and O–H groups in total. The summed E-state index contributed by atoms with van der Waals surface area (Å²) < 4.78 is 6.48. The maximum atomic E-state index is 12.1. The van der Waals surface area contributed by atoms with Crippen molar-refractivity contribution in [1.29, 1.82) is 0 Å². The second-order valence-electron chi connectivity index (χ2n) is 5.48. The highest BCUT2D eigenvalue weighted by Crippen LogP contribution is 2.27. The van der Waals surface area contributed by atoms with Gasteiger partial charge in [-0.05, 0) is 48.2 Å². The van der Waals surface area contributed by atoms with E-state index in [1.807, 2.05) is 49.4 Å². The van der Waals surface area contributed by atoms with Crippen LogP contribution in [0.15, 0.2) is 46.9 Å². The molecule has 22 heavy (non-hydrogen) atoms. The number of halogens is 1. The molecule has 2 aromatic carbocycles. The van der Waals surface area contributed by atoms with Crippen molar-refractivity contribution >= 4 is 27.5 Å². The maximum absolute atomic E-state index is 12.1. The van der Waals surface area contributed by atoms with Crippen molar-refractivity contribution in [2.24, 2.45) is 0 Å². The van der Waals surface area contributed by atoms with Crippen LogP contribution in [0.25, 0.3) is 0 Å². The lowest BCUT2D eigenvalue weighted by Crippen LogP contribution is -2.21. The Hall–Kier alpha value is -1.81. The van der Waals surface area contributed by atoms with E-state index in [1.54, 1.807) is 0 Å². The van der Waals surface area contributed by atoms with Gasteiger partial charge in [0.1, 0.15) is 5.75 Å². The smallest absolute Gasteiger partial charge is 0.262 e. The van der Waals surface area contributed by atoms with Gasteiger partial charge in [-0.1, -0.05) is 48.0 Å². The molecule has 0 aliphatic carbocycles. The van der Waals surface area contributed by atoms with Crippen molar-refractivity contribution in [2.75, 3.05) is 11.9 Å². The Morgan fingerprint density at radius 1 is 1.18 bits per heavy atom. The van der Waals surface area contributed by atoms with Crippen LogP contribution in [0.4, 0.5) is 5.69 Å². The predicted octanol–water partition coefficient (Wildman–Crippen LogP) is 4.90. The highest BCUT2D eigenvalue weighted by molar-refractivity contribution is 9.10. The summed E-state index contributed by atoms with van der Waals surface area (Å²) in [6.07, 6.45) is 0. The number of benzene rings is 2. The van der Waals surface area contributed by atoms with Gasteiger partial charge in [-0.2, -0.15) is 0 Å². The molecule has 0 fully saturated rings. The number of nitrogens with one attached hydrogen (secondary N) is 1. The zero-order valence-electron chi connectivity index (χ0n) is 13.0. The van der Waals surface area contributed by atoms with Crippen LogP contribution in [0.2, 0.25) is 0 Å². The van der Waals surface area contributed by atoms with E-state index in [-0.39, 0.29) is 12.5 Å². The molecule has 0 heterocycles. The minimum absolute atomic E-state index is 0.00645. The molecular formula is C18H20BrNO2. The van der Waals surface area contributed by atoms with Crippen LogP contribution in [-0.4, -0.2) is 12.5 Å². The van der Waals surface area contributed by atoms with Gasteiger partial charge in [0.05, 0.1) is 0 Å². The van der Waals surface area contributed by atoms with Gasteiger partial charge >= 0.3 is 0 Å². The van der Waals surface area contributed by atoms with Gasteiger partial charge in [-0.25, -0.2) is 0 Å². The highest BCUT2D eigenvalue weighted by atomic mass is 79.9. The Bertz CT molecular complexity index is 651. The van der Waals surface area contributed by atoms with Crippen LogP contribution >= 0.6 is 15.9 Å². The molecular weight excluding hydrogens is 342 g/mol. The Kier molecular flexibility index (Phi) is 5.61. The van der Waals surface area contributed by atoms with Gasteiger partial charge < -0.3 is 10.1 Å². The largest absolute Gasteiger partial charge is 0.484 e. The van der Waals surface area contributed by atoms with Gasteiger partial charge in [0.25, 0.3) is 5.91 Å². The summed E-state index contributed by atoms with van der Waals surface area (Å²) in [5.41, 5.74) is 3.09. The topological polar surface area (TPSA) is 38.3 Å². The summed E-state index contributed by atoms with van der Waals surface area (Å²) in [5, 5.41) is 2.97. The average Bonchev–Trinajstić information content (AvgIpc) is 2.48. The molecule has 0 spiro atoms. The first-order valence-corrected chi connectivity index (χ1v) is 8.04. The van der Waals surface area contributed by atoms with E-state index in [0.29, 0.717) is 11.7 Å². The van der Waals surface area contributed by atoms with Crippen molar-refractivity contribution in [1.82, 2.24) is 0 Å². The number of rotatable bonds is 5. The number of aryl methyl sites for hydroxylation is 1. The van der Waals surface area contributed by atoms with Crippen LogP contribution in [0.3, 0.4) is 0 Å². The van der Waals surface area contributed by atoms with Crippen LogP contribution < -0.4 is 10.1 Å². The molecule has 2 aromatic rings. The predicted molar refractivity (Wildman–Crippen MR) is 93.5 cm³/mol. The van der Waals surface area contributed by atoms with E-state index in [1.165, 1.54) is 0 Å². The SMILES string of the molecule is Cc1cccc(C(C)C)c1NC(=O)COc1ccc(Br)cc1. The number of ether oxygens (including phenoxy) is 1. The molecule has 116 valence electrons. The molecule has 0 bridgehead atoms. The van der Waals surface area contributed by atoms with Crippen molar-refractivity contribution in [3.63, 3.8) is 0 Å². The first-order chi connectivity index (χ1) is 10.5. The standard InChI is InChI=1S/C18H20BrNO2/c1-12(2)16-6-4-5-13(3)18(16)20-17(21)11-22-15-9-7-14(19)8-10-15/h4-10,12H,11H2,1-3H3,(H,20,21). The van der Waals surface area contributed by atoms with E-state index in [0.717, 1.165) is 21.3 Å². The van der Waals surface area contributed by atoms with Crippen LogP contribution in [-0.2, 0) is 4.79 Å². The summed E-state index contributed by atoms with van der Waals surface area (Å²) in [6, 6.07) is 13.5. The lowest BCUT2D eigenvalue weighted by Gasteiger charge is -2.16. The first-order valence-electron chi connectivity index (χ1n) is 7.25. The highest BCUT2D eigenvalue weighted by Gasteiger charge is 2.12. The summed E-state index contributed by atoms with van der Waals surface area (Å²) in [6.45, 7) is 6.22. The van der Waals surface area contributed by atoms with Gasteiger partial charge in [-0.15, -0.1) is 0 Å². The third-order valence-electron chi connectivity index (χ3n) is 3.38. The first kappa shape index (κ1) is 16.6. The minimum Gasteiger partial charge on any atom is -0.484 e. The van der Waals surface area contributed by atoms with Crippen molar-refractivity contribution in [2.45, 2.75) is 26.7 Å². The second-order valence-corrected chi connectivity index (χ2v) is 6.40. The Morgan fingerprint density at radius 2 is 1.86 bits per heavy atom. The number of carbonyl (C=O) groups is 1. The fourth-order valence-electron chi connectivity index (χ4n) is 2.20. The lowest BCUT2D eigenvalue weighted by molar-refractivity contribution is -0.118. The fraction of sp³-hybridized carbons (Fsp3) is 0.278. The molecule has 2 rings (SSSR count). The molecule has 1 amide bonds. The number of anilines is 1. The number of amides is 1. The van der Waals surface area contributed by atoms with Crippen molar-refractivity contribution in [3.8, 4) is 5.75 Å². The van der Waals surface area contributed by atoms with Gasteiger partial charge in [-0.3, -0.25) is 4.79 Å². The summed E-state index contributed by atoms with van der Waals surface area (Å²) in [4.78, 5) is 12.1. The van der Waals surface area contributed by atoms with Crippen LogP contribution in [0.1, 0.15) is 30.9 Å². The van der Waals surface area contributed by atoms with E-state index in [2.05, 4.69) is 35.1 Å².